The molecule has 0 radical (unpaired) electrons. The first-order valence-electron chi connectivity index (χ1n) is 11.2. The van der Waals surface area contributed by atoms with Crippen LogP contribution >= 0.6 is 11.3 Å². The maximum atomic E-state index is 13.2. The number of benzene rings is 2. The van der Waals surface area contributed by atoms with Crippen molar-refractivity contribution in [2.45, 2.75) is 6.92 Å². The standard InChI is InChI=1S/C26H25N3O3S/c1-18-2-4-19(5-3-18)23-12-22-24(33-23)25(30)29(17-27-22)20-6-8-21(9-7-20)32-11-10-28-13-26(14-28)15-31-16-26/h2-9,12,17H,10-11,13-16H2,1H3. The first kappa shape index (κ1) is 20.6. The van der Waals surface area contributed by atoms with Crippen molar-refractivity contribution >= 4 is 21.6 Å². The van der Waals surface area contributed by atoms with Crippen LogP contribution in [0.5, 0.6) is 5.75 Å². The molecule has 2 fully saturated rings. The lowest BCUT2D eigenvalue weighted by Gasteiger charge is -2.55. The van der Waals surface area contributed by atoms with Crippen molar-refractivity contribution in [2.24, 2.45) is 5.41 Å². The van der Waals surface area contributed by atoms with Crippen molar-refractivity contribution in [1.29, 1.82) is 0 Å². The van der Waals surface area contributed by atoms with E-state index in [-0.39, 0.29) is 5.56 Å². The molecule has 6 nitrogen and oxygen atoms in total. The molecule has 0 bridgehead atoms. The van der Waals surface area contributed by atoms with E-state index in [1.54, 1.807) is 10.9 Å². The summed E-state index contributed by atoms with van der Waals surface area (Å²) in [7, 11) is 0. The van der Waals surface area contributed by atoms with Crippen LogP contribution in [0, 0.1) is 12.3 Å². The summed E-state index contributed by atoms with van der Waals surface area (Å²) in [6, 6.07) is 18.0. The Morgan fingerprint density at radius 2 is 1.85 bits per heavy atom. The molecule has 168 valence electrons. The third kappa shape index (κ3) is 3.86. The van der Waals surface area contributed by atoms with Crippen LogP contribution in [0.4, 0.5) is 0 Å². The lowest BCUT2D eigenvalue weighted by atomic mass is 9.78. The van der Waals surface area contributed by atoms with E-state index in [1.165, 1.54) is 16.9 Å². The maximum Gasteiger partial charge on any atom is 0.275 e. The van der Waals surface area contributed by atoms with Crippen molar-refractivity contribution in [3.8, 4) is 21.9 Å². The SMILES string of the molecule is Cc1ccc(-c2cc3ncn(-c4ccc(OCCN5CC6(COC6)C5)cc4)c(=O)c3s2)cc1. The average Bonchev–Trinajstić information content (AvgIpc) is 3.21. The summed E-state index contributed by atoms with van der Waals surface area (Å²) in [5.74, 6) is 0.806. The second kappa shape index (κ2) is 8.09. The van der Waals surface area contributed by atoms with Crippen LogP contribution in [-0.2, 0) is 4.74 Å². The minimum atomic E-state index is -0.0521. The highest BCUT2D eigenvalue weighted by Gasteiger charge is 2.48. The molecule has 4 aromatic rings. The molecule has 2 aromatic carbocycles. The van der Waals surface area contributed by atoms with Crippen molar-refractivity contribution < 1.29 is 9.47 Å². The monoisotopic (exact) mass is 459 g/mol. The van der Waals surface area contributed by atoms with Gasteiger partial charge in [-0.2, -0.15) is 0 Å². The molecule has 7 heteroatoms. The predicted octanol–water partition coefficient (Wildman–Crippen LogP) is 4.13. The van der Waals surface area contributed by atoms with Gasteiger partial charge in [0.25, 0.3) is 5.56 Å². The number of aromatic nitrogens is 2. The number of hydrogen-bond acceptors (Lipinski definition) is 6. The second-order valence-corrected chi connectivity index (χ2v) is 10.2. The molecule has 0 amide bonds. The Kier molecular flexibility index (Phi) is 5.05. The fourth-order valence-electron chi connectivity index (χ4n) is 4.59. The second-order valence-electron chi connectivity index (χ2n) is 9.16. The summed E-state index contributed by atoms with van der Waals surface area (Å²) in [5, 5.41) is 0. The van der Waals surface area contributed by atoms with E-state index in [4.69, 9.17) is 9.47 Å². The number of likely N-dealkylation sites (tertiary alicyclic amines) is 1. The van der Waals surface area contributed by atoms with E-state index >= 15 is 0 Å². The Labute approximate surface area is 196 Å². The zero-order chi connectivity index (χ0) is 22.4. The molecule has 0 unspecified atom stereocenters. The van der Waals surface area contributed by atoms with Gasteiger partial charge in [0.2, 0.25) is 0 Å². The fraction of sp³-hybridized carbons (Fsp3) is 0.308. The number of thiophene rings is 1. The molecule has 6 rings (SSSR count). The minimum Gasteiger partial charge on any atom is -0.492 e. The van der Waals surface area contributed by atoms with E-state index in [1.807, 2.05) is 30.3 Å². The highest BCUT2D eigenvalue weighted by atomic mass is 32.1. The van der Waals surface area contributed by atoms with Gasteiger partial charge < -0.3 is 9.47 Å². The largest absolute Gasteiger partial charge is 0.492 e. The summed E-state index contributed by atoms with van der Waals surface area (Å²) in [4.78, 5) is 21.2. The summed E-state index contributed by atoms with van der Waals surface area (Å²) in [5.41, 5.74) is 4.22. The zero-order valence-electron chi connectivity index (χ0n) is 18.5. The van der Waals surface area contributed by atoms with Gasteiger partial charge in [-0.25, -0.2) is 4.98 Å². The van der Waals surface area contributed by atoms with E-state index in [0.29, 0.717) is 16.7 Å². The fourth-order valence-corrected chi connectivity index (χ4v) is 5.63. The van der Waals surface area contributed by atoms with Crippen LogP contribution in [0.1, 0.15) is 5.56 Å². The quantitative estimate of drug-likeness (QED) is 0.434. The topological polar surface area (TPSA) is 56.6 Å². The van der Waals surface area contributed by atoms with Crippen molar-refractivity contribution in [1.82, 2.24) is 14.5 Å². The van der Waals surface area contributed by atoms with Gasteiger partial charge in [-0.15, -0.1) is 11.3 Å². The molecule has 1 spiro atoms. The molecule has 2 aliphatic rings. The molecule has 0 atom stereocenters. The van der Waals surface area contributed by atoms with Crippen LogP contribution in [-0.4, -0.2) is 53.9 Å². The molecule has 2 aromatic heterocycles. The zero-order valence-corrected chi connectivity index (χ0v) is 19.3. The number of rotatable bonds is 6. The van der Waals surface area contributed by atoms with Gasteiger partial charge in [0.05, 0.1) is 24.4 Å². The summed E-state index contributed by atoms with van der Waals surface area (Å²) in [6.07, 6.45) is 1.61. The van der Waals surface area contributed by atoms with E-state index in [9.17, 15) is 4.79 Å². The van der Waals surface area contributed by atoms with Crippen LogP contribution in [0.2, 0.25) is 0 Å². The first-order valence-corrected chi connectivity index (χ1v) is 12.0. The van der Waals surface area contributed by atoms with Crippen molar-refractivity contribution in [3.05, 3.63) is 76.8 Å². The Hall–Kier alpha value is -3.00. The number of fused-ring (bicyclic) bond motifs is 1. The predicted molar refractivity (Wildman–Crippen MR) is 131 cm³/mol. The Balaban J connectivity index is 1.15. The third-order valence-electron chi connectivity index (χ3n) is 6.50. The Morgan fingerprint density at radius 3 is 2.55 bits per heavy atom. The lowest BCUT2D eigenvalue weighted by Crippen LogP contribution is -2.66. The maximum absolute atomic E-state index is 13.2. The van der Waals surface area contributed by atoms with E-state index in [2.05, 4.69) is 41.1 Å². The number of nitrogens with zero attached hydrogens (tertiary/aromatic N) is 3. The highest BCUT2D eigenvalue weighted by molar-refractivity contribution is 7.22. The van der Waals surface area contributed by atoms with Gasteiger partial charge in [0, 0.05) is 29.9 Å². The molecule has 0 saturated carbocycles. The Bertz CT molecular complexity index is 1350. The van der Waals surface area contributed by atoms with Gasteiger partial charge in [-0.05, 0) is 42.8 Å². The van der Waals surface area contributed by atoms with Crippen LogP contribution in [0.15, 0.2) is 65.7 Å². The number of hydrogen-bond donors (Lipinski definition) is 0. The van der Waals surface area contributed by atoms with Crippen LogP contribution < -0.4 is 10.3 Å². The average molecular weight is 460 g/mol. The third-order valence-corrected chi connectivity index (χ3v) is 7.66. The molecular formula is C26H25N3O3S. The van der Waals surface area contributed by atoms with Gasteiger partial charge in [-0.1, -0.05) is 29.8 Å². The smallest absolute Gasteiger partial charge is 0.275 e. The summed E-state index contributed by atoms with van der Waals surface area (Å²) >= 11 is 1.49. The number of ether oxygens (including phenoxy) is 2. The van der Waals surface area contributed by atoms with Gasteiger partial charge >= 0.3 is 0 Å². The first-order chi connectivity index (χ1) is 16.1. The molecule has 2 saturated heterocycles. The van der Waals surface area contributed by atoms with Crippen LogP contribution in [0.25, 0.3) is 26.3 Å². The molecular weight excluding hydrogens is 434 g/mol. The molecule has 0 N–H and O–H groups in total. The highest BCUT2D eigenvalue weighted by Crippen LogP contribution is 2.37. The van der Waals surface area contributed by atoms with E-state index < -0.39 is 0 Å². The number of aryl methyl sites for hydroxylation is 1. The Morgan fingerprint density at radius 1 is 1.09 bits per heavy atom. The van der Waals surface area contributed by atoms with Gasteiger partial charge in [-0.3, -0.25) is 14.3 Å². The van der Waals surface area contributed by atoms with Crippen molar-refractivity contribution in [2.75, 3.05) is 39.5 Å². The van der Waals surface area contributed by atoms with Gasteiger partial charge in [0.15, 0.2) is 0 Å². The normalized spacial score (nSPS) is 17.1. The lowest BCUT2D eigenvalue weighted by molar-refractivity contribution is -0.189. The van der Waals surface area contributed by atoms with Crippen molar-refractivity contribution in [3.63, 3.8) is 0 Å². The molecule has 33 heavy (non-hydrogen) atoms. The summed E-state index contributed by atoms with van der Waals surface area (Å²) < 4.78 is 13.5. The molecule has 0 aliphatic carbocycles. The van der Waals surface area contributed by atoms with E-state index in [0.717, 1.165) is 60.2 Å². The summed E-state index contributed by atoms with van der Waals surface area (Å²) in [6.45, 7) is 7.68. The van der Waals surface area contributed by atoms with Gasteiger partial charge in [0.1, 0.15) is 23.4 Å². The van der Waals surface area contributed by atoms with Crippen LogP contribution in [0.3, 0.4) is 0 Å². The molecule has 2 aliphatic heterocycles. The molecule has 4 heterocycles. The minimum absolute atomic E-state index is 0.0521.